The zero-order valence-electron chi connectivity index (χ0n) is 10.4. The van der Waals surface area contributed by atoms with Crippen molar-refractivity contribution in [3.63, 3.8) is 0 Å². The number of nitrogens with one attached hydrogen (secondary N) is 1. The topological polar surface area (TPSA) is 32.3 Å². The quantitative estimate of drug-likeness (QED) is 0.833. The van der Waals surface area contributed by atoms with Crippen molar-refractivity contribution in [2.45, 2.75) is 26.8 Å². The molecule has 1 unspecified atom stereocenters. The highest BCUT2D eigenvalue weighted by Gasteiger charge is 2.18. The Labute approximate surface area is 101 Å². The molecule has 4 heteroatoms. The Morgan fingerprint density at radius 3 is 2.47 bits per heavy atom. The fourth-order valence-corrected chi connectivity index (χ4v) is 1.38. The standard InChI is InChI=1S/C13H19F2NO/c1-9(16-7-13(2,3)8-17)10-4-5-11(14)12(15)6-10/h4-6,9,16-17H,7-8H2,1-3H3. The molecule has 96 valence electrons. The van der Waals surface area contributed by atoms with Crippen LogP contribution in [0, 0.1) is 17.0 Å². The first kappa shape index (κ1) is 14.1. The van der Waals surface area contributed by atoms with E-state index in [4.69, 9.17) is 5.11 Å². The van der Waals surface area contributed by atoms with Gasteiger partial charge >= 0.3 is 0 Å². The lowest BCUT2D eigenvalue weighted by Crippen LogP contribution is -2.33. The summed E-state index contributed by atoms with van der Waals surface area (Å²) in [5.41, 5.74) is 0.463. The zero-order chi connectivity index (χ0) is 13.1. The molecule has 2 nitrogen and oxygen atoms in total. The van der Waals surface area contributed by atoms with E-state index in [1.165, 1.54) is 6.07 Å². The van der Waals surface area contributed by atoms with Gasteiger partial charge in [-0.1, -0.05) is 19.9 Å². The van der Waals surface area contributed by atoms with Gasteiger partial charge in [0.1, 0.15) is 0 Å². The van der Waals surface area contributed by atoms with Gasteiger partial charge in [0.05, 0.1) is 0 Å². The molecule has 0 radical (unpaired) electrons. The molecule has 0 saturated carbocycles. The maximum Gasteiger partial charge on any atom is 0.159 e. The summed E-state index contributed by atoms with van der Waals surface area (Å²) in [5, 5.41) is 12.3. The zero-order valence-corrected chi connectivity index (χ0v) is 10.4. The van der Waals surface area contributed by atoms with Crippen LogP contribution in [0.5, 0.6) is 0 Å². The molecule has 0 amide bonds. The molecular formula is C13H19F2NO. The third-order valence-electron chi connectivity index (χ3n) is 2.76. The first-order valence-corrected chi connectivity index (χ1v) is 5.65. The number of halogens is 2. The highest BCUT2D eigenvalue weighted by Crippen LogP contribution is 2.18. The van der Waals surface area contributed by atoms with Crippen LogP contribution in [0.15, 0.2) is 18.2 Å². The molecule has 0 aliphatic rings. The molecule has 1 rings (SSSR count). The second-order valence-corrected chi connectivity index (χ2v) is 5.10. The Bertz CT molecular complexity index is 380. The minimum Gasteiger partial charge on any atom is -0.396 e. The number of benzene rings is 1. The van der Waals surface area contributed by atoms with Crippen molar-refractivity contribution < 1.29 is 13.9 Å². The van der Waals surface area contributed by atoms with E-state index in [9.17, 15) is 8.78 Å². The van der Waals surface area contributed by atoms with Gasteiger partial charge in [0.25, 0.3) is 0 Å². The van der Waals surface area contributed by atoms with E-state index < -0.39 is 11.6 Å². The Balaban J connectivity index is 2.64. The predicted octanol–water partition coefficient (Wildman–Crippen LogP) is 2.63. The van der Waals surface area contributed by atoms with Crippen LogP contribution in [0.4, 0.5) is 8.78 Å². The van der Waals surface area contributed by atoms with Crippen LogP contribution < -0.4 is 5.32 Å². The maximum atomic E-state index is 13.0. The minimum absolute atomic E-state index is 0.0739. The molecule has 0 aliphatic heterocycles. The van der Waals surface area contributed by atoms with Gasteiger partial charge in [0, 0.05) is 24.6 Å². The summed E-state index contributed by atoms with van der Waals surface area (Å²) in [6.45, 7) is 6.41. The number of hydrogen-bond acceptors (Lipinski definition) is 2. The Morgan fingerprint density at radius 1 is 1.29 bits per heavy atom. The highest BCUT2D eigenvalue weighted by atomic mass is 19.2. The van der Waals surface area contributed by atoms with Crippen LogP contribution in [0.25, 0.3) is 0 Å². The summed E-state index contributed by atoms with van der Waals surface area (Å²) < 4.78 is 25.8. The molecule has 0 heterocycles. The van der Waals surface area contributed by atoms with Gasteiger partial charge in [-0.2, -0.15) is 0 Å². The van der Waals surface area contributed by atoms with Crippen molar-refractivity contribution in [1.29, 1.82) is 0 Å². The second-order valence-electron chi connectivity index (χ2n) is 5.10. The summed E-state index contributed by atoms with van der Waals surface area (Å²) in [6.07, 6.45) is 0. The normalized spacial score (nSPS) is 13.8. The Morgan fingerprint density at radius 2 is 1.94 bits per heavy atom. The van der Waals surface area contributed by atoms with Crippen LogP contribution in [0.3, 0.4) is 0 Å². The Hall–Kier alpha value is -1.00. The van der Waals surface area contributed by atoms with Crippen LogP contribution in [-0.4, -0.2) is 18.3 Å². The summed E-state index contributed by atoms with van der Waals surface area (Å²) in [6, 6.07) is 3.79. The van der Waals surface area contributed by atoms with Crippen LogP contribution in [0.1, 0.15) is 32.4 Å². The van der Waals surface area contributed by atoms with Gasteiger partial charge in [-0.25, -0.2) is 8.78 Å². The average Bonchev–Trinajstić information content (AvgIpc) is 2.30. The summed E-state index contributed by atoms with van der Waals surface area (Å²) in [7, 11) is 0. The molecule has 17 heavy (non-hydrogen) atoms. The van der Waals surface area contributed by atoms with Crippen molar-refractivity contribution in [2.24, 2.45) is 5.41 Å². The van der Waals surface area contributed by atoms with Gasteiger partial charge < -0.3 is 10.4 Å². The first-order valence-electron chi connectivity index (χ1n) is 5.65. The molecule has 0 aromatic heterocycles. The number of aliphatic hydroxyl groups is 1. The van der Waals surface area contributed by atoms with E-state index in [2.05, 4.69) is 5.32 Å². The van der Waals surface area contributed by atoms with E-state index in [0.717, 1.165) is 6.07 Å². The molecule has 1 aromatic carbocycles. The number of aliphatic hydroxyl groups excluding tert-OH is 1. The average molecular weight is 243 g/mol. The van der Waals surface area contributed by atoms with E-state index in [-0.39, 0.29) is 18.1 Å². The molecule has 1 aromatic rings. The van der Waals surface area contributed by atoms with E-state index >= 15 is 0 Å². The van der Waals surface area contributed by atoms with E-state index in [1.807, 2.05) is 20.8 Å². The van der Waals surface area contributed by atoms with E-state index in [1.54, 1.807) is 6.07 Å². The molecule has 1 atom stereocenters. The number of hydrogen-bond donors (Lipinski definition) is 2. The van der Waals surface area contributed by atoms with Crippen molar-refractivity contribution in [2.75, 3.05) is 13.2 Å². The third kappa shape index (κ3) is 4.06. The van der Waals surface area contributed by atoms with Crippen LogP contribution >= 0.6 is 0 Å². The highest BCUT2D eigenvalue weighted by molar-refractivity contribution is 5.20. The maximum absolute atomic E-state index is 13.0. The van der Waals surface area contributed by atoms with Crippen LogP contribution in [0.2, 0.25) is 0 Å². The van der Waals surface area contributed by atoms with Gasteiger partial charge in [-0.3, -0.25) is 0 Å². The molecule has 2 N–H and O–H groups in total. The van der Waals surface area contributed by atoms with Gasteiger partial charge in [-0.05, 0) is 24.6 Å². The molecule has 0 saturated heterocycles. The number of rotatable bonds is 5. The lowest BCUT2D eigenvalue weighted by Gasteiger charge is -2.25. The van der Waals surface area contributed by atoms with Crippen molar-refractivity contribution >= 4 is 0 Å². The molecule has 0 spiro atoms. The fourth-order valence-electron chi connectivity index (χ4n) is 1.38. The smallest absolute Gasteiger partial charge is 0.159 e. The summed E-state index contributed by atoms with van der Waals surface area (Å²) in [5.74, 6) is -1.67. The molecular weight excluding hydrogens is 224 g/mol. The van der Waals surface area contributed by atoms with Gasteiger partial charge in [0.2, 0.25) is 0 Å². The summed E-state index contributed by atoms with van der Waals surface area (Å²) in [4.78, 5) is 0. The van der Waals surface area contributed by atoms with Crippen LogP contribution in [-0.2, 0) is 0 Å². The fraction of sp³-hybridized carbons (Fsp3) is 0.538. The van der Waals surface area contributed by atoms with Crippen molar-refractivity contribution in [3.05, 3.63) is 35.4 Å². The van der Waals surface area contributed by atoms with Gasteiger partial charge in [-0.15, -0.1) is 0 Å². The van der Waals surface area contributed by atoms with Crippen molar-refractivity contribution in [1.82, 2.24) is 5.32 Å². The second kappa shape index (κ2) is 5.56. The SMILES string of the molecule is CC(NCC(C)(C)CO)c1ccc(F)c(F)c1. The van der Waals surface area contributed by atoms with Crippen molar-refractivity contribution in [3.8, 4) is 0 Å². The van der Waals surface area contributed by atoms with E-state index in [0.29, 0.717) is 12.1 Å². The predicted molar refractivity (Wildman–Crippen MR) is 63.6 cm³/mol. The third-order valence-corrected chi connectivity index (χ3v) is 2.76. The Kier molecular flexibility index (Phi) is 4.60. The monoisotopic (exact) mass is 243 g/mol. The minimum atomic E-state index is -0.836. The molecule has 0 bridgehead atoms. The first-order chi connectivity index (χ1) is 7.85. The summed E-state index contributed by atoms with van der Waals surface area (Å²) >= 11 is 0. The largest absolute Gasteiger partial charge is 0.396 e. The lowest BCUT2D eigenvalue weighted by atomic mass is 9.94. The molecule has 0 aliphatic carbocycles. The lowest BCUT2D eigenvalue weighted by molar-refractivity contribution is 0.154. The molecule has 0 fully saturated rings. The van der Waals surface area contributed by atoms with Gasteiger partial charge in [0.15, 0.2) is 11.6 Å².